The van der Waals surface area contributed by atoms with Gasteiger partial charge in [-0.15, -0.1) is 0 Å². The van der Waals surface area contributed by atoms with E-state index in [9.17, 15) is 8.78 Å². The van der Waals surface area contributed by atoms with E-state index >= 15 is 0 Å². The highest BCUT2D eigenvalue weighted by atomic mass is 19.1. The summed E-state index contributed by atoms with van der Waals surface area (Å²) in [7, 11) is 3.54. The Labute approximate surface area is 204 Å². The molecular formula is C27H30F2N4O2. The Balaban J connectivity index is 1.20. The van der Waals surface area contributed by atoms with Crippen LogP contribution < -0.4 is 14.8 Å². The fourth-order valence-corrected chi connectivity index (χ4v) is 4.57. The molecule has 1 aliphatic heterocycles. The fourth-order valence-electron chi connectivity index (χ4n) is 4.57. The summed E-state index contributed by atoms with van der Waals surface area (Å²) in [6, 6.07) is 9.84. The molecule has 8 heteroatoms. The Morgan fingerprint density at radius 2 is 1.66 bits per heavy atom. The van der Waals surface area contributed by atoms with E-state index in [4.69, 9.17) is 9.47 Å². The van der Waals surface area contributed by atoms with Crippen molar-refractivity contribution in [2.24, 2.45) is 0 Å². The van der Waals surface area contributed by atoms with Gasteiger partial charge in [-0.2, -0.15) is 0 Å². The molecule has 1 aliphatic carbocycles. The van der Waals surface area contributed by atoms with E-state index in [2.05, 4.69) is 39.4 Å². The predicted molar refractivity (Wildman–Crippen MR) is 130 cm³/mol. The molecule has 2 heterocycles. The van der Waals surface area contributed by atoms with Gasteiger partial charge >= 0.3 is 0 Å². The first-order valence-corrected chi connectivity index (χ1v) is 12.1. The van der Waals surface area contributed by atoms with Crippen LogP contribution in [0.1, 0.15) is 54.2 Å². The molecule has 2 fully saturated rings. The molecule has 1 saturated carbocycles. The molecule has 1 aromatic heterocycles. The number of piperidine rings is 1. The molecule has 0 radical (unpaired) electrons. The Hall–Kier alpha value is -3.26. The number of nitrogens with zero attached hydrogens (tertiary/aromatic N) is 3. The number of benzene rings is 2. The van der Waals surface area contributed by atoms with Crippen LogP contribution in [0.5, 0.6) is 11.5 Å². The SMILES string of the molecule is COc1cc(C2CC2)c(F)c(COc2cnc(Nc3ccc(C4CCN(C)CC4)cc3)nc2)c1F. The zero-order valence-corrected chi connectivity index (χ0v) is 20.1. The van der Waals surface area contributed by atoms with E-state index in [1.807, 2.05) is 12.1 Å². The molecule has 0 bridgehead atoms. The van der Waals surface area contributed by atoms with E-state index in [0.717, 1.165) is 31.6 Å². The fraction of sp³-hybridized carbons (Fsp3) is 0.407. The second-order valence-corrected chi connectivity index (χ2v) is 9.40. The number of nitrogens with one attached hydrogen (secondary N) is 1. The maximum atomic E-state index is 14.9. The van der Waals surface area contributed by atoms with Crippen LogP contribution in [0.4, 0.5) is 20.4 Å². The highest BCUT2D eigenvalue weighted by Crippen LogP contribution is 2.44. The standard InChI is InChI=1S/C27H30F2N4O2/c1-33-11-9-18(10-12-33)17-5-7-20(8-6-17)32-27-30-14-21(15-31-27)35-16-23-25(28)22(19-3-4-19)13-24(34-2)26(23)29/h5-8,13-15,18-19H,3-4,9-12,16H2,1-2H3,(H,30,31,32). The summed E-state index contributed by atoms with van der Waals surface area (Å²) in [4.78, 5) is 10.9. The minimum Gasteiger partial charge on any atom is -0.494 e. The van der Waals surface area contributed by atoms with Crippen molar-refractivity contribution in [2.75, 3.05) is 32.6 Å². The van der Waals surface area contributed by atoms with Crippen molar-refractivity contribution >= 4 is 11.6 Å². The molecule has 5 rings (SSSR count). The average Bonchev–Trinajstić information content (AvgIpc) is 3.72. The number of rotatable bonds is 8. The number of halogens is 2. The maximum absolute atomic E-state index is 14.9. The summed E-state index contributed by atoms with van der Waals surface area (Å²) in [5.74, 6) is 0.195. The zero-order chi connectivity index (χ0) is 24.4. The van der Waals surface area contributed by atoms with Crippen molar-refractivity contribution < 1.29 is 18.3 Å². The lowest BCUT2D eigenvalue weighted by atomic mass is 9.89. The number of likely N-dealkylation sites (tertiary alicyclic amines) is 1. The Bertz CT molecular complexity index is 1160. The Morgan fingerprint density at radius 3 is 2.29 bits per heavy atom. The highest BCUT2D eigenvalue weighted by molar-refractivity contribution is 5.54. The topological polar surface area (TPSA) is 59.5 Å². The first-order valence-electron chi connectivity index (χ1n) is 12.1. The van der Waals surface area contributed by atoms with Gasteiger partial charge in [-0.05, 0) is 87.0 Å². The summed E-state index contributed by atoms with van der Waals surface area (Å²) in [5, 5.41) is 3.18. The summed E-state index contributed by atoms with van der Waals surface area (Å²) >= 11 is 0. The monoisotopic (exact) mass is 480 g/mol. The van der Waals surface area contributed by atoms with Crippen LogP contribution in [0.3, 0.4) is 0 Å². The number of hydrogen-bond acceptors (Lipinski definition) is 6. The smallest absolute Gasteiger partial charge is 0.227 e. The van der Waals surface area contributed by atoms with Crippen molar-refractivity contribution in [1.29, 1.82) is 0 Å². The van der Waals surface area contributed by atoms with Crippen LogP contribution in [-0.4, -0.2) is 42.1 Å². The van der Waals surface area contributed by atoms with Gasteiger partial charge in [0.1, 0.15) is 12.4 Å². The zero-order valence-electron chi connectivity index (χ0n) is 20.1. The minimum atomic E-state index is -0.739. The second-order valence-electron chi connectivity index (χ2n) is 9.40. The Morgan fingerprint density at radius 1 is 0.971 bits per heavy atom. The van der Waals surface area contributed by atoms with Crippen LogP contribution in [-0.2, 0) is 6.61 Å². The number of ether oxygens (including phenoxy) is 2. The molecule has 3 aromatic rings. The lowest BCUT2D eigenvalue weighted by Gasteiger charge is -2.29. The molecule has 1 saturated heterocycles. The second kappa shape index (κ2) is 10.2. The van der Waals surface area contributed by atoms with Crippen LogP contribution in [0.2, 0.25) is 0 Å². The van der Waals surface area contributed by atoms with Crippen molar-refractivity contribution in [2.45, 2.75) is 44.1 Å². The lowest BCUT2D eigenvalue weighted by molar-refractivity contribution is 0.255. The van der Waals surface area contributed by atoms with Gasteiger partial charge in [0.05, 0.1) is 25.1 Å². The molecule has 0 unspecified atom stereocenters. The van der Waals surface area contributed by atoms with Gasteiger partial charge < -0.3 is 19.7 Å². The number of hydrogen-bond donors (Lipinski definition) is 1. The molecule has 0 spiro atoms. The molecule has 0 amide bonds. The van der Waals surface area contributed by atoms with E-state index in [1.165, 1.54) is 44.0 Å². The van der Waals surface area contributed by atoms with E-state index in [-0.39, 0.29) is 23.8 Å². The maximum Gasteiger partial charge on any atom is 0.227 e. The summed E-state index contributed by atoms with van der Waals surface area (Å²) < 4.78 is 40.3. The normalized spacial score (nSPS) is 16.8. The van der Waals surface area contributed by atoms with E-state index < -0.39 is 11.6 Å². The summed E-state index contributed by atoms with van der Waals surface area (Å²) in [6.45, 7) is 1.99. The quantitative estimate of drug-likeness (QED) is 0.442. The molecule has 6 nitrogen and oxygen atoms in total. The molecule has 2 aromatic carbocycles. The van der Waals surface area contributed by atoms with Crippen molar-refractivity contribution in [1.82, 2.24) is 14.9 Å². The van der Waals surface area contributed by atoms with Crippen LogP contribution in [0.25, 0.3) is 0 Å². The molecule has 35 heavy (non-hydrogen) atoms. The molecule has 1 N–H and O–H groups in total. The third kappa shape index (κ3) is 5.37. The average molecular weight is 481 g/mol. The van der Waals surface area contributed by atoms with E-state index in [0.29, 0.717) is 23.2 Å². The van der Waals surface area contributed by atoms with Gasteiger partial charge in [0, 0.05) is 5.69 Å². The minimum absolute atomic E-state index is 0.0320. The van der Waals surface area contributed by atoms with Crippen molar-refractivity contribution in [3.8, 4) is 11.5 Å². The van der Waals surface area contributed by atoms with Gasteiger partial charge in [-0.1, -0.05) is 12.1 Å². The van der Waals surface area contributed by atoms with Crippen LogP contribution >= 0.6 is 0 Å². The van der Waals surface area contributed by atoms with Gasteiger partial charge in [0.2, 0.25) is 5.95 Å². The molecule has 184 valence electrons. The number of aromatic nitrogens is 2. The molecular weight excluding hydrogens is 450 g/mol. The summed E-state index contributed by atoms with van der Waals surface area (Å²) in [6.07, 6.45) is 7.13. The summed E-state index contributed by atoms with van der Waals surface area (Å²) in [5.41, 5.74) is 2.59. The first kappa shape index (κ1) is 23.5. The largest absolute Gasteiger partial charge is 0.494 e. The van der Waals surface area contributed by atoms with Gasteiger partial charge in [-0.3, -0.25) is 0 Å². The van der Waals surface area contributed by atoms with Crippen molar-refractivity contribution in [3.05, 3.63) is 71.1 Å². The Kier molecular flexibility index (Phi) is 6.81. The van der Waals surface area contributed by atoms with Gasteiger partial charge in [0.15, 0.2) is 17.3 Å². The number of anilines is 2. The predicted octanol–water partition coefficient (Wildman–Crippen LogP) is 5.77. The highest BCUT2D eigenvalue weighted by Gasteiger charge is 2.31. The first-order chi connectivity index (χ1) is 17.0. The van der Waals surface area contributed by atoms with Crippen LogP contribution in [0, 0.1) is 11.6 Å². The van der Waals surface area contributed by atoms with Crippen LogP contribution in [0.15, 0.2) is 42.7 Å². The lowest BCUT2D eigenvalue weighted by Crippen LogP contribution is -2.29. The third-order valence-electron chi connectivity index (χ3n) is 6.89. The van der Waals surface area contributed by atoms with E-state index in [1.54, 1.807) is 0 Å². The van der Waals surface area contributed by atoms with Gasteiger partial charge in [0.25, 0.3) is 0 Å². The third-order valence-corrected chi connectivity index (χ3v) is 6.89. The van der Waals surface area contributed by atoms with Gasteiger partial charge in [-0.25, -0.2) is 18.7 Å². The number of methoxy groups -OCH3 is 1. The molecule has 2 aliphatic rings. The van der Waals surface area contributed by atoms with Crippen molar-refractivity contribution in [3.63, 3.8) is 0 Å². The molecule has 0 atom stereocenters.